The summed E-state index contributed by atoms with van der Waals surface area (Å²) in [5.41, 5.74) is 6.43. The van der Waals surface area contributed by atoms with Crippen molar-refractivity contribution < 1.29 is 4.79 Å². The van der Waals surface area contributed by atoms with Crippen LogP contribution in [0.1, 0.15) is 53.9 Å². The lowest BCUT2D eigenvalue weighted by atomic mass is 10.0. The third-order valence-corrected chi connectivity index (χ3v) is 6.50. The van der Waals surface area contributed by atoms with Gasteiger partial charge in [-0.1, -0.05) is 99.0 Å². The van der Waals surface area contributed by atoms with Crippen LogP contribution >= 0.6 is 11.6 Å². The average Bonchev–Trinajstić information content (AvgIpc) is 3.25. The molecule has 4 aromatic rings. The predicted octanol–water partition coefficient (Wildman–Crippen LogP) is 7.37. The summed E-state index contributed by atoms with van der Waals surface area (Å²) >= 11 is 6.40. The Hall–Kier alpha value is -3.37. The Morgan fingerprint density at radius 3 is 2.34 bits per heavy atom. The Morgan fingerprint density at radius 2 is 1.63 bits per heavy atom. The van der Waals surface area contributed by atoms with E-state index >= 15 is 0 Å². The number of carbonyl (C=O) groups is 1. The van der Waals surface area contributed by atoms with Gasteiger partial charge in [0.15, 0.2) is 0 Å². The first-order valence-electron chi connectivity index (χ1n) is 12.3. The minimum absolute atomic E-state index is 0.0526. The van der Waals surface area contributed by atoms with Gasteiger partial charge in [-0.2, -0.15) is 5.10 Å². The van der Waals surface area contributed by atoms with Crippen molar-refractivity contribution in [1.29, 1.82) is 0 Å². The molecule has 5 heteroatoms. The van der Waals surface area contributed by atoms with E-state index in [1.54, 1.807) is 4.90 Å². The fourth-order valence-corrected chi connectivity index (χ4v) is 4.63. The Balaban J connectivity index is 1.85. The molecule has 35 heavy (non-hydrogen) atoms. The van der Waals surface area contributed by atoms with Crippen LogP contribution in [0.2, 0.25) is 5.02 Å². The maximum Gasteiger partial charge on any atom is 0.258 e. The van der Waals surface area contributed by atoms with Crippen LogP contribution in [0.4, 0.5) is 0 Å². The van der Waals surface area contributed by atoms with E-state index in [2.05, 4.69) is 38.1 Å². The molecular formula is C30H32ClN3O. The molecule has 0 aliphatic rings. The van der Waals surface area contributed by atoms with Crippen molar-refractivity contribution in [2.45, 2.75) is 46.1 Å². The highest BCUT2D eigenvalue weighted by Crippen LogP contribution is 2.30. The Labute approximate surface area is 213 Å². The maximum absolute atomic E-state index is 14.0. The fourth-order valence-electron chi connectivity index (χ4n) is 4.43. The molecule has 0 saturated heterocycles. The van der Waals surface area contributed by atoms with Crippen molar-refractivity contribution in [3.63, 3.8) is 0 Å². The molecule has 0 spiro atoms. The molecule has 0 aliphatic carbocycles. The van der Waals surface area contributed by atoms with E-state index in [9.17, 15) is 4.79 Å². The second-order valence-electron chi connectivity index (χ2n) is 8.87. The Bertz CT molecular complexity index is 1300. The smallest absolute Gasteiger partial charge is 0.258 e. The molecule has 4 rings (SSSR count). The summed E-state index contributed by atoms with van der Waals surface area (Å²) in [6.45, 7) is 4.74. The van der Waals surface area contributed by atoms with Crippen LogP contribution in [0.25, 0.3) is 16.9 Å². The monoisotopic (exact) mass is 485 g/mol. The van der Waals surface area contributed by atoms with E-state index in [0.717, 1.165) is 48.2 Å². The van der Waals surface area contributed by atoms with Crippen molar-refractivity contribution >= 4 is 17.5 Å². The molecule has 0 saturated carbocycles. The molecule has 0 fully saturated rings. The first-order valence-corrected chi connectivity index (χ1v) is 12.7. The fraction of sp³-hybridized carbons (Fsp3) is 0.267. The number of rotatable bonds is 9. The summed E-state index contributed by atoms with van der Waals surface area (Å²) in [6.07, 6.45) is 3.74. The number of aromatic nitrogens is 2. The summed E-state index contributed by atoms with van der Waals surface area (Å²) in [7, 11) is 1.83. The SMILES string of the molecule is CCCc1cccc(-n2nc(-c3ccccc3)c(C(=O)N(C)Cc3ccccc3Cl)c2CCC)c1. The van der Waals surface area contributed by atoms with Crippen molar-refractivity contribution in [1.82, 2.24) is 14.7 Å². The summed E-state index contributed by atoms with van der Waals surface area (Å²) in [5.74, 6) is -0.0526. The van der Waals surface area contributed by atoms with Gasteiger partial charge in [0.2, 0.25) is 0 Å². The van der Waals surface area contributed by atoms with Gasteiger partial charge < -0.3 is 4.90 Å². The summed E-state index contributed by atoms with van der Waals surface area (Å²) in [6, 6.07) is 26.1. The predicted molar refractivity (Wildman–Crippen MR) is 144 cm³/mol. The normalized spacial score (nSPS) is 11.0. The average molecular weight is 486 g/mol. The lowest BCUT2D eigenvalue weighted by Crippen LogP contribution is -2.27. The standard InChI is InChI=1S/C30H32ClN3O/c1-4-12-22-14-11-18-25(20-22)34-27(13-5-2)28(29(32-34)23-15-7-6-8-16-23)30(35)33(3)21-24-17-9-10-19-26(24)31/h6-11,14-20H,4-5,12-13,21H2,1-3H3. The molecule has 1 heterocycles. The second-order valence-corrected chi connectivity index (χ2v) is 9.28. The van der Waals surface area contributed by atoms with Gasteiger partial charge in [0, 0.05) is 24.2 Å². The summed E-state index contributed by atoms with van der Waals surface area (Å²) < 4.78 is 1.97. The molecular weight excluding hydrogens is 454 g/mol. The number of benzene rings is 3. The summed E-state index contributed by atoms with van der Waals surface area (Å²) in [4.78, 5) is 15.7. The highest BCUT2D eigenvalue weighted by atomic mass is 35.5. The zero-order chi connectivity index (χ0) is 24.8. The number of nitrogens with zero attached hydrogens (tertiary/aromatic N) is 3. The van der Waals surface area contributed by atoms with E-state index in [4.69, 9.17) is 16.7 Å². The van der Waals surface area contributed by atoms with Crippen LogP contribution in [0, 0.1) is 0 Å². The highest BCUT2D eigenvalue weighted by Gasteiger charge is 2.27. The van der Waals surface area contributed by atoms with Crippen LogP contribution in [-0.4, -0.2) is 27.6 Å². The molecule has 0 N–H and O–H groups in total. The lowest BCUT2D eigenvalue weighted by Gasteiger charge is -2.19. The van der Waals surface area contributed by atoms with E-state index in [1.165, 1.54) is 5.56 Å². The first kappa shape index (κ1) is 24.7. The second kappa shape index (κ2) is 11.4. The molecule has 180 valence electrons. The number of aryl methyl sites for hydroxylation is 1. The summed E-state index contributed by atoms with van der Waals surface area (Å²) in [5, 5.41) is 5.70. The molecule has 0 aliphatic heterocycles. The number of carbonyl (C=O) groups excluding carboxylic acids is 1. The van der Waals surface area contributed by atoms with Gasteiger partial charge in [-0.25, -0.2) is 4.68 Å². The van der Waals surface area contributed by atoms with E-state index in [1.807, 2.05) is 66.3 Å². The van der Waals surface area contributed by atoms with E-state index in [0.29, 0.717) is 22.8 Å². The molecule has 0 radical (unpaired) electrons. The van der Waals surface area contributed by atoms with Crippen LogP contribution in [-0.2, 0) is 19.4 Å². The van der Waals surface area contributed by atoms with E-state index < -0.39 is 0 Å². The molecule has 3 aromatic carbocycles. The first-order chi connectivity index (χ1) is 17.0. The maximum atomic E-state index is 14.0. The van der Waals surface area contributed by atoms with Gasteiger partial charge in [-0.05, 0) is 42.2 Å². The molecule has 4 nitrogen and oxygen atoms in total. The quantitative estimate of drug-likeness (QED) is 0.248. The van der Waals surface area contributed by atoms with Crippen molar-refractivity contribution in [3.8, 4) is 16.9 Å². The molecule has 0 unspecified atom stereocenters. The molecule has 1 aromatic heterocycles. The molecule has 1 amide bonds. The topological polar surface area (TPSA) is 38.1 Å². The minimum atomic E-state index is -0.0526. The van der Waals surface area contributed by atoms with Crippen LogP contribution in [0.5, 0.6) is 0 Å². The van der Waals surface area contributed by atoms with Gasteiger partial charge in [0.25, 0.3) is 5.91 Å². The van der Waals surface area contributed by atoms with Crippen molar-refractivity contribution in [3.05, 3.63) is 106 Å². The van der Waals surface area contributed by atoms with Crippen molar-refractivity contribution in [2.75, 3.05) is 7.05 Å². The Kier molecular flexibility index (Phi) is 8.04. The number of amides is 1. The van der Waals surface area contributed by atoms with Gasteiger partial charge >= 0.3 is 0 Å². The zero-order valence-electron chi connectivity index (χ0n) is 20.7. The van der Waals surface area contributed by atoms with Gasteiger partial charge in [0.1, 0.15) is 5.69 Å². The molecule has 0 bridgehead atoms. The van der Waals surface area contributed by atoms with Gasteiger partial charge in [-0.3, -0.25) is 4.79 Å². The van der Waals surface area contributed by atoms with Crippen molar-refractivity contribution in [2.24, 2.45) is 0 Å². The lowest BCUT2D eigenvalue weighted by molar-refractivity contribution is 0.0784. The highest BCUT2D eigenvalue weighted by molar-refractivity contribution is 6.31. The van der Waals surface area contributed by atoms with Crippen LogP contribution in [0.3, 0.4) is 0 Å². The van der Waals surface area contributed by atoms with E-state index in [-0.39, 0.29) is 5.91 Å². The number of halogens is 1. The third kappa shape index (κ3) is 5.49. The zero-order valence-corrected chi connectivity index (χ0v) is 21.4. The third-order valence-electron chi connectivity index (χ3n) is 6.13. The number of hydrogen-bond donors (Lipinski definition) is 0. The van der Waals surface area contributed by atoms with Gasteiger partial charge in [0.05, 0.1) is 16.9 Å². The minimum Gasteiger partial charge on any atom is -0.337 e. The molecule has 0 atom stereocenters. The Morgan fingerprint density at radius 1 is 0.914 bits per heavy atom. The number of hydrogen-bond acceptors (Lipinski definition) is 2. The van der Waals surface area contributed by atoms with Gasteiger partial charge in [-0.15, -0.1) is 0 Å². The largest absolute Gasteiger partial charge is 0.337 e. The van der Waals surface area contributed by atoms with Crippen LogP contribution < -0.4 is 0 Å². The van der Waals surface area contributed by atoms with Crippen LogP contribution in [0.15, 0.2) is 78.9 Å².